The molecule has 0 aliphatic rings. The second kappa shape index (κ2) is 5.65. The van der Waals surface area contributed by atoms with Gasteiger partial charge in [-0.15, -0.1) is 0 Å². The number of aliphatic hydroxyl groups is 1. The molecule has 1 heterocycles. The van der Waals surface area contributed by atoms with Gasteiger partial charge in [-0.1, -0.05) is 19.0 Å². The summed E-state index contributed by atoms with van der Waals surface area (Å²) in [5.41, 5.74) is 0.673. The Morgan fingerprint density at radius 3 is 2.81 bits per heavy atom. The predicted octanol–water partition coefficient (Wildman–Crippen LogP) is 1.12. The summed E-state index contributed by atoms with van der Waals surface area (Å²) >= 11 is 0. The lowest BCUT2D eigenvalue weighted by atomic mass is 10.0. The average Bonchev–Trinajstić information content (AvgIpc) is 2.64. The number of nitrogens with one attached hydrogen (secondary N) is 1. The van der Waals surface area contributed by atoms with Crippen molar-refractivity contribution in [2.75, 3.05) is 6.54 Å². The monoisotopic (exact) mass is 226 g/mol. The van der Waals surface area contributed by atoms with Crippen LogP contribution in [0.25, 0.3) is 0 Å². The molecule has 0 saturated heterocycles. The molecule has 1 amide bonds. The van der Waals surface area contributed by atoms with Crippen LogP contribution < -0.4 is 5.32 Å². The Hall–Kier alpha value is -1.36. The Balaban J connectivity index is 2.31. The molecule has 0 radical (unpaired) electrons. The van der Waals surface area contributed by atoms with Crippen molar-refractivity contribution in [3.8, 4) is 0 Å². The molecule has 5 heteroatoms. The van der Waals surface area contributed by atoms with E-state index >= 15 is 0 Å². The van der Waals surface area contributed by atoms with Crippen LogP contribution in [0.1, 0.15) is 36.5 Å². The van der Waals surface area contributed by atoms with Gasteiger partial charge in [0.25, 0.3) is 5.91 Å². The van der Waals surface area contributed by atoms with E-state index in [1.165, 1.54) is 0 Å². The van der Waals surface area contributed by atoms with Gasteiger partial charge in [0.15, 0.2) is 0 Å². The van der Waals surface area contributed by atoms with E-state index in [0.717, 1.165) is 0 Å². The van der Waals surface area contributed by atoms with E-state index in [0.29, 0.717) is 18.7 Å². The summed E-state index contributed by atoms with van der Waals surface area (Å²) in [7, 11) is 0. The normalized spacial score (nSPS) is 12.8. The lowest BCUT2D eigenvalue weighted by Crippen LogP contribution is -2.28. The highest BCUT2D eigenvalue weighted by Crippen LogP contribution is 2.05. The molecule has 0 aliphatic heterocycles. The van der Waals surface area contributed by atoms with Gasteiger partial charge in [0, 0.05) is 12.6 Å². The van der Waals surface area contributed by atoms with Crippen molar-refractivity contribution in [3.63, 3.8) is 0 Å². The van der Waals surface area contributed by atoms with E-state index in [9.17, 15) is 9.90 Å². The van der Waals surface area contributed by atoms with Crippen LogP contribution in [0.2, 0.25) is 0 Å². The van der Waals surface area contributed by atoms with Crippen LogP contribution in [0, 0.1) is 12.8 Å². The molecule has 90 valence electrons. The topological polar surface area (TPSA) is 75.4 Å². The summed E-state index contributed by atoms with van der Waals surface area (Å²) in [5.74, 6) is 0.109. The minimum atomic E-state index is -0.392. The Kier molecular flexibility index (Phi) is 4.49. The molecule has 5 nitrogen and oxygen atoms in total. The van der Waals surface area contributed by atoms with Gasteiger partial charge in [0.05, 0.1) is 11.8 Å². The third kappa shape index (κ3) is 3.66. The van der Waals surface area contributed by atoms with Gasteiger partial charge >= 0.3 is 0 Å². The molecule has 1 unspecified atom stereocenters. The Labute approximate surface area is 94.8 Å². The third-order valence-electron chi connectivity index (χ3n) is 2.35. The molecular weight excluding hydrogens is 208 g/mol. The highest BCUT2D eigenvalue weighted by atomic mass is 16.5. The highest BCUT2D eigenvalue weighted by Gasteiger charge is 2.13. The average molecular weight is 226 g/mol. The number of rotatable bonds is 5. The zero-order valence-electron chi connectivity index (χ0n) is 9.86. The molecule has 0 saturated carbocycles. The third-order valence-corrected chi connectivity index (χ3v) is 2.35. The van der Waals surface area contributed by atoms with Gasteiger partial charge in [0.2, 0.25) is 5.76 Å². The second-order valence-electron chi connectivity index (χ2n) is 4.19. The Bertz CT molecular complexity index is 347. The van der Waals surface area contributed by atoms with E-state index in [1.807, 2.05) is 13.8 Å². The van der Waals surface area contributed by atoms with E-state index in [-0.39, 0.29) is 17.6 Å². The van der Waals surface area contributed by atoms with E-state index in [2.05, 4.69) is 10.5 Å². The fourth-order valence-electron chi connectivity index (χ4n) is 1.22. The van der Waals surface area contributed by atoms with Gasteiger partial charge in [0.1, 0.15) is 0 Å². The van der Waals surface area contributed by atoms with E-state index < -0.39 is 6.10 Å². The van der Waals surface area contributed by atoms with Crippen molar-refractivity contribution in [2.24, 2.45) is 5.92 Å². The van der Waals surface area contributed by atoms with Gasteiger partial charge in [-0.25, -0.2) is 0 Å². The van der Waals surface area contributed by atoms with Crippen LogP contribution in [0.5, 0.6) is 0 Å². The molecule has 0 fully saturated rings. The van der Waals surface area contributed by atoms with Crippen molar-refractivity contribution in [1.82, 2.24) is 10.5 Å². The number of hydrogen-bond acceptors (Lipinski definition) is 4. The van der Waals surface area contributed by atoms with Crippen molar-refractivity contribution in [3.05, 3.63) is 17.5 Å². The maximum Gasteiger partial charge on any atom is 0.289 e. The van der Waals surface area contributed by atoms with Gasteiger partial charge in [-0.05, 0) is 19.3 Å². The zero-order valence-corrected chi connectivity index (χ0v) is 9.86. The van der Waals surface area contributed by atoms with Gasteiger partial charge in [-0.3, -0.25) is 4.79 Å². The fourth-order valence-corrected chi connectivity index (χ4v) is 1.22. The predicted molar refractivity (Wildman–Crippen MR) is 59.0 cm³/mol. The standard InChI is InChI=1S/C11H18N2O3/c1-7(2)9(14)4-5-12-11(15)10-6-8(3)13-16-10/h6-7,9,14H,4-5H2,1-3H3,(H,12,15). The highest BCUT2D eigenvalue weighted by molar-refractivity contribution is 5.91. The SMILES string of the molecule is Cc1cc(C(=O)NCCC(O)C(C)C)on1. The summed E-state index contributed by atoms with van der Waals surface area (Å²) in [6.07, 6.45) is 0.146. The van der Waals surface area contributed by atoms with Crippen molar-refractivity contribution < 1.29 is 14.4 Å². The molecule has 0 aliphatic carbocycles. The molecule has 1 aromatic heterocycles. The van der Waals surface area contributed by atoms with Crippen LogP contribution in [0.4, 0.5) is 0 Å². The molecule has 1 atom stereocenters. The molecule has 16 heavy (non-hydrogen) atoms. The zero-order chi connectivity index (χ0) is 12.1. The molecule has 0 aromatic carbocycles. The van der Waals surface area contributed by atoms with E-state index in [4.69, 9.17) is 4.52 Å². The van der Waals surface area contributed by atoms with Crippen molar-refractivity contribution in [1.29, 1.82) is 0 Å². The summed E-state index contributed by atoms with van der Waals surface area (Å²) in [4.78, 5) is 11.5. The molecule has 1 aromatic rings. The van der Waals surface area contributed by atoms with Crippen LogP contribution >= 0.6 is 0 Å². The van der Waals surface area contributed by atoms with Crippen LogP contribution in [-0.2, 0) is 0 Å². The van der Waals surface area contributed by atoms with E-state index in [1.54, 1.807) is 13.0 Å². The first-order chi connectivity index (χ1) is 7.50. The first kappa shape index (κ1) is 12.7. The summed E-state index contributed by atoms with van der Waals surface area (Å²) in [6, 6.07) is 1.58. The van der Waals surface area contributed by atoms with Gasteiger partial charge in [-0.2, -0.15) is 0 Å². The molecule has 0 spiro atoms. The number of carbonyl (C=O) groups is 1. The van der Waals surface area contributed by atoms with Crippen LogP contribution in [0.3, 0.4) is 0 Å². The van der Waals surface area contributed by atoms with Crippen molar-refractivity contribution >= 4 is 5.91 Å². The minimum Gasteiger partial charge on any atom is -0.393 e. The number of aromatic nitrogens is 1. The second-order valence-corrected chi connectivity index (χ2v) is 4.19. The number of aryl methyl sites for hydroxylation is 1. The quantitative estimate of drug-likeness (QED) is 0.789. The molecule has 2 N–H and O–H groups in total. The Morgan fingerprint density at radius 2 is 2.31 bits per heavy atom. The first-order valence-electron chi connectivity index (χ1n) is 5.40. The maximum absolute atomic E-state index is 11.5. The largest absolute Gasteiger partial charge is 0.393 e. The smallest absolute Gasteiger partial charge is 0.289 e. The molecular formula is C11H18N2O3. The summed E-state index contributed by atoms with van der Waals surface area (Å²) in [6.45, 7) is 6.05. The lowest BCUT2D eigenvalue weighted by Gasteiger charge is -2.13. The molecule has 1 rings (SSSR count). The number of nitrogens with zero attached hydrogens (tertiary/aromatic N) is 1. The Morgan fingerprint density at radius 1 is 1.62 bits per heavy atom. The number of carbonyl (C=O) groups excluding carboxylic acids is 1. The van der Waals surface area contributed by atoms with Gasteiger partial charge < -0.3 is 14.9 Å². The van der Waals surface area contributed by atoms with Crippen LogP contribution in [-0.4, -0.2) is 28.8 Å². The van der Waals surface area contributed by atoms with Crippen LogP contribution in [0.15, 0.2) is 10.6 Å². The minimum absolute atomic E-state index is 0.199. The fraction of sp³-hybridized carbons (Fsp3) is 0.636. The van der Waals surface area contributed by atoms with Crippen molar-refractivity contribution in [2.45, 2.75) is 33.3 Å². The first-order valence-corrected chi connectivity index (χ1v) is 5.40. The number of amides is 1. The number of hydrogen-bond donors (Lipinski definition) is 2. The molecule has 0 bridgehead atoms. The number of aliphatic hydroxyl groups excluding tert-OH is 1. The maximum atomic E-state index is 11.5. The summed E-state index contributed by atoms with van der Waals surface area (Å²) in [5, 5.41) is 15.8. The lowest BCUT2D eigenvalue weighted by molar-refractivity contribution is 0.0886. The summed E-state index contributed by atoms with van der Waals surface area (Å²) < 4.78 is 4.81.